The highest BCUT2D eigenvalue weighted by Gasteiger charge is 2.25. The Bertz CT molecular complexity index is 353. The minimum absolute atomic E-state index is 0.200. The van der Waals surface area contributed by atoms with Gasteiger partial charge in [-0.15, -0.1) is 0 Å². The van der Waals surface area contributed by atoms with Crippen LogP contribution < -0.4 is 5.32 Å². The number of ether oxygens (including phenoxy) is 1. The molecule has 0 amide bonds. The standard InChI is InChI=1S/C16H27NO/c1-7-17-15(16(18-6)11(2)3)14-9-12(4)8-13(5)10-14/h8-11,15-17H,7H2,1-6H3. The Kier molecular flexibility index (Phi) is 5.83. The first-order valence-corrected chi connectivity index (χ1v) is 6.84. The monoisotopic (exact) mass is 249 g/mol. The van der Waals surface area contributed by atoms with Crippen LogP contribution >= 0.6 is 0 Å². The summed E-state index contributed by atoms with van der Waals surface area (Å²) in [5.74, 6) is 0.486. The summed E-state index contributed by atoms with van der Waals surface area (Å²) in [5, 5.41) is 3.56. The summed E-state index contributed by atoms with van der Waals surface area (Å²) in [4.78, 5) is 0. The predicted octanol–water partition coefficient (Wildman–Crippen LogP) is 3.63. The predicted molar refractivity (Wildman–Crippen MR) is 78.0 cm³/mol. The van der Waals surface area contributed by atoms with Gasteiger partial charge in [0.25, 0.3) is 0 Å². The van der Waals surface area contributed by atoms with Gasteiger partial charge >= 0.3 is 0 Å². The van der Waals surface area contributed by atoms with Crippen LogP contribution in [0.1, 0.15) is 43.5 Å². The SMILES string of the molecule is CCNC(c1cc(C)cc(C)c1)C(OC)C(C)C. The fraction of sp³-hybridized carbons (Fsp3) is 0.625. The highest BCUT2D eigenvalue weighted by molar-refractivity contribution is 5.31. The Morgan fingerprint density at radius 2 is 1.67 bits per heavy atom. The molecule has 0 aliphatic rings. The van der Waals surface area contributed by atoms with Crippen LogP contribution in [-0.4, -0.2) is 19.8 Å². The Hall–Kier alpha value is -0.860. The largest absolute Gasteiger partial charge is 0.379 e. The maximum Gasteiger partial charge on any atom is 0.0788 e. The van der Waals surface area contributed by atoms with Crippen LogP contribution in [0, 0.1) is 19.8 Å². The van der Waals surface area contributed by atoms with Gasteiger partial charge in [-0.05, 0) is 31.9 Å². The quantitative estimate of drug-likeness (QED) is 0.831. The second kappa shape index (κ2) is 6.91. The molecule has 0 aliphatic carbocycles. The van der Waals surface area contributed by atoms with Gasteiger partial charge in [-0.25, -0.2) is 0 Å². The molecule has 2 nitrogen and oxygen atoms in total. The van der Waals surface area contributed by atoms with Gasteiger partial charge in [0.2, 0.25) is 0 Å². The van der Waals surface area contributed by atoms with Crippen molar-refractivity contribution in [1.82, 2.24) is 5.32 Å². The fourth-order valence-electron chi connectivity index (χ4n) is 2.63. The molecule has 0 aromatic heterocycles. The highest BCUT2D eigenvalue weighted by atomic mass is 16.5. The third-order valence-corrected chi connectivity index (χ3v) is 3.28. The van der Waals surface area contributed by atoms with E-state index in [0.717, 1.165) is 6.54 Å². The van der Waals surface area contributed by atoms with Crippen LogP contribution in [-0.2, 0) is 4.74 Å². The second-order valence-electron chi connectivity index (χ2n) is 5.40. The number of hydrogen-bond donors (Lipinski definition) is 1. The lowest BCUT2D eigenvalue weighted by atomic mass is 9.91. The minimum atomic E-state index is 0.200. The summed E-state index contributed by atoms with van der Waals surface area (Å²) in [6.45, 7) is 11.8. The second-order valence-corrected chi connectivity index (χ2v) is 5.40. The van der Waals surface area contributed by atoms with Gasteiger partial charge in [-0.1, -0.05) is 50.1 Å². The molecule has 2 atom stereocenters. The summed E-state index contributed by atoms with van der Waals surface area (Å²) >= 11 is 0. The molecular weight excluding hydrogens is 222 g/mol. The van der Waals surface area contributed by atoms with E-state index in [-0.39, 0.29) is 12.1 Å². The molecule has 0 fully saturated rings. The lowest BCUT2D eigenvalue weighted by Gasteiger charge is -2.30. The molecule has 1 N–H and O–H groups in total. The van der Waals surface area contributed by atoms with Crippen molar-refractivity contribution in [2.75, 3.05) is 13.7 Å². The van der Waals surface area contributed by atoms with Gasteiger partial charge in [0, 0.05) is 7.11 Å². The van der Waals surface area contributed by atoms with E-state index in [4.69, 9.17) is 4.74 Å². The molecule has 0 spiro atoms. The van der Waals surface area contributed by atoms with Crippen molar-refractivity contribution in [3.05, 3.63) is 34.9 Å². The van der Waals surface area contributed by atoms with Gasteiger partial charge in [0.1, 0.15) is 0 Å². The van der Waals surface area contributed by atoms with Gasteiger partial charge in [-0.2, -0.15) is 0 Å². The van der Waals surface area contributed by atoms with E-state index in [1.54, 1.807) is 7.11 Å². The van der Waals surface area contributed by atoms with Crippen LogP contribution in [0.2, 0.25) is 0 Å². The topological polar surface area (TPSA) is 21.3 Å². The van der Waals surface area contributed by atoms with Crippen LogP contribution in [0.5, 0.6) is 0 Å². The molecule has 18 heavy (non-hydrogen) atoms. The first kappa shape index (κ1) is 15.2. The van der Waals surface area contributed by atoms with E-state index in [1.807, 2.05) is 0 Å². The fourth-order valence-corrected chi connectivity index (χ4v) is 2.63. The number of benzene rings is 1. The summed E-state index contributed by atoms with van der Waals surface area (Å²) in [6, 6.07) is 6.99. The maximum atomic E-state index is 5.70. The molecule has 0 saturated carbocycles. The molecule has 0 aliphatic heterocycles. The van der Waals surface area contributed by atoms with E-state index in [0.29, 0.717) is 5.92 Å². The van der Waals surface area contributed by atoms with Crippen LogP contribution in [0.15, 0.2) is 18.2 Å². The van der Waals surface area contributed by atoms with E-state index >= 15 is 0 Å². The molecule has 2 heteroatoms. The number of likely N-dealkylation sites (N-methyl/N-ethyl adjacent to an activating group) is 1. The zero-order valence-corrected chi connectivity index (χ0v) is 12.6. The number of rotatable bonds is 6. The third kappa shape index (κ3) is 3.82. The first-order valence-electron chi connectivity index (χ1n) is 6.84. The minimum Gasteiger partial charge on any atom is -0.379 e. The lowest BCUT2D eigenvalue weighted by molar-refractivity contribution is 0.0331. The first-order chi connectivity index (χ1) is 8.49. The van der Waals surface area contributed by atoms with Crippen molar-refractivity contribution in [2.45, 2.75) is 46.8 Å². The normalized spacial score (nSPS) is 14.8. The number of hydrogen-bond acceptors (Lipinski definition) is 2. The molecule has 0 radical (unpaired) electrons. The molecule has 0 bridgehead atoms. The molecule has 1 aromatic rings. The smallest absolute Gasteiger partial charge is 0.0788 e. The molecule has 1 aromatic carbocycles. The zero-order valence-electron chi connectivity index (χ0n) is 12.6. The van der Waals surface area contributed by atoms with Gasteiger partial charge in [-0.3, -0.25) is 0 Å². The van der Waals surface area contributed by atoms with Crippen molar-refractivity contribution in [3.63, 3.8) is 0 Å². The molecular formula is C16H27NO. The van der Waals surface area contributed by atoms with E-state index in [1.165, 1.54) is 16.7 Å². The van der Waals surface area contributed by atoms with Crippen molar-refractivity contribution in [2.24, 2.45) is 5.92 Å². The van der Waals surface area contributed by atoms with Gasteiger partial charge < -0.3 is 10.1 Å². The van der Waals surface area contributed by atoms with Gasteiger partial charge in [0.15, 0.2) is 0 Å². The Morgan fingerprint density at radius 1 is 1.11 bits per heavy atom. The Balaban J connectivity index is 3.09. The Morgan fingerprint density at radius 3 is 2.06 bits per heavy atom. The summed E-state index contributed by atoms with van der Waals surface area (Å²) in [7, 11) is 1.80. The molecule has 0 saturated heterocycles. The van der Waals surface area contributed by atoms with Crippen LogP contribution in [0.3, 0.4) is 0 Å². The van der Waals surface area contributed by atoms with E-state index in [2.05, 4.69) is 58.1 Å². The summed E-state index contributed by atoms with van der Waals surface area (Å²) in [6.07, 6.45) is 0.200. The van der Waals surface area contributed by atoms with Crippen molar-refractivity contribution >= 4 is 0 Å². The van der Waals surface area contributed by atoms with Crippen LogP contribution in [0.25, 0.3) is 0 Å². The molecule has 102 valence electrons. The van der Waals surface area contributed by atoms with Crippen molar-refractivity contribution in [1.29, 1.82) is 0 Å². The lowest BCUT2D eigenvalue weighted by Crippen LogP contribution is -2.36. The highest BCUT2D eigenvalue weighted by Crippen LogP contribution is 2.26. The number of nitrogens with one attached hydrogen (secondary N) is 1. The summed E-state index contributed by atoms with van der Waals surface area (Å²) in [5.41, 5.74) is 3.95. The number of methoxy groups -OCH3 is 1. The van der Waals surface area contributed by atoms with E-state index in [9.17, 15) is 0 Å². The molecule has 0 heterocycles. The molecule has 1 rings (SSSR count). The van der Waals surface area contributed by atoms with Crippen molar-refractivity contribution < 1.29 is 4.74 Å². The van der Waals surface area contributed by atoms with Crippen LogP contribution in [0.4, 0.5) is 0 Å². The summed E-state index contributed by atoms with van der Waals surface area (Å²) < 4.78 is 5.70. The third-order valence-electron chi connectivity index (χ3n) is 3.28. The number of aryl methyl sites for hydroxylation is 2. The average Bonchev–Trinajstić information content (AvgIpc) is 2.27. The molecule has 2 unspecified atom stereocenters. The zero-order chi connectivity index (χ0) is 13.7. The van der Waals surface area contributed by atoms with E-state index < -0.39 is 0 Å². The van der Waals surface area contributed by atoms with Crippen molar-refractivity contribution in [3.8, 4) is 0 Å². The van der Waals surface area contributed by atoms with Gasteiger partial charge in [0.05, 0.1) is 12.1 Å². The average molecular weight is 249 g/mol. The maximum absolute atomic E-state index is 5.70. The Labute approximate surface area is 112 Å².